The van der Waals surface area contributed by atoms with Gasteiger partial charge in [0.25, 0.3) is 0 Å². The van der Waals surface area contributed by atoms with Crippen molar-refractivity contribution in [3.05, 3.63) is 23.8 Å². The van der Waals surface area contributed by atoms with Gasteiger partial charge in [0.2, 0.25) is 10.0 Å². The second kappa shape index (κ2) is 8.21. The number of benzene rings is 1. The highest BCUT2D eigenvalue weighted by Crippen LogP contribution is 2.20. The third-order valence-corrected chi connectivity index (χ3v) is 3.66. The van der Waals surface area contributed by atoms with Crippen molar-refractivity contribution in [1.82, 2.24) is 0 Å². The summed E-state index contributed by atoms with van der Waals surface area (Å²) in [5.41, 5.74) is 0.571. The van der Waals surface area contributed by atoms with Crippen LogP contribution in [0.1, 0.15) is 12.0 Å². The Labute approximate surface area is 119 Å². The van der Waals surface area contributed by atoms with E-state index < -0.39 is 10.0 Å². The molecule has 2 N–H and O–H groups in total. The molecular formula is C13H21NO5S. The molecule has 0 radical (unpaired) electrons. The lowest BCUT2D eigenvalue weighted by atomic mass is 10.2. The van der Waals surface area contributed by atoms with Crippen molar-refractivity contribution in [2.45, 2.75) is 18.2 Å². The molecule has 0 amide bonds. The number of sulfonamides is 1. The van der Waals surface area contributed by atoms with E-state index in [9.17, 15) is 8.42 Å². The van der Waals surface area contributed by atoms with Gasteiger partial charge >= 0.3 is 0 Å². The minimum Gasteiger partial charge on any atom is -0.493 e. The Kier molecular flexibility index (Phi) is 6.94. The second-order valence-electron chi connectivity index (χ2n) is 4.28. The van der Waals surface area contributed by atoms with E-state index in [4.69, 9.17) is 19.3 Å². The van der Waals surface area contributed by atoms with Gasteiger partial charge in [0.1, 0.15) is 5.75 Å². The van der Waals surface area contributed by atoms with Crippen LogP contribution in [-0.4, -0.2) is 42.0 Å². The van der Waals surface area contributed by atoms with Gasteiger partial charge in [0.05, 0.1) is 24.7 Å². The predicted molar refractivity (Wildman–Crippen MR) is 75.4 cm³/mol. The van der Waals surface area contributed by atoms with Gasteiger partial charge in [-0.25, -0.2) is 13.6 Å². The fourth-order valence-electron chi connectivity index (χ4n) is 1.63. The van der Waals surface area contributed by atoms with Crippen LogP contribution in [0.2, 0.25) is 0 Å². The molecule has 1 aromatic rings. The zero-order chi connectivity index (χ0) is 15.0. The highest BCUT2D eigenvalue weighted by Gasteiger charge is 2.11. The molecule has 0 spiro atoms. The van der Waals surface area contributed by atoms with Crippen molar-refractivity contribution in [2.24, 2.45) is 5.14 Å². The molecule has 7 heteroatoms. The minimum atomic E-state index is -3.68. The highest BCUT2D eigenvalue weighted by molar-refractivity contribution is 7.89. The zero-order valence-corrected chi connectivity index (χ0v) is 12.6. The first kappa shape index (κ1) is 16.9. The fourth-order valence-corrected chi connectivity index (χ4v) is 2.39. The highest BCUT2D eigenvalue weighted by atomic mass is 32.2. The monoisotopic (exact) mass is 303 g/mol. The maximum Gasteiger partial charge on any atom is 0.238 e. The minimum absolute atomic E-state index is 0.118. The van der Waals surface area contributed by atoms with Crippen LogP contribution in [0.15, 0.2) is 23.1 Å². The molecule has 0 atom stereocenters. The first-order valence-electron chi connectivity index (χ1n) is 6.28. The maximum atomic E-state index is 11.3. The van der Waals surface area contributed by atoms with Gasteiger partial charge in [0, 0.05) is 20.1 Å². The Bertz CT molecular complexity index is 515. The Morgan fingerprint density at radius 1 is 1.15 bits per heavy atom. The van der Waals surface area contributed by atoms with Gasteiger partial charge in [-0.15, -0.1) is 0 Å². The number of methoxy groups -OCH3 is 1. The number of rotatable bonds is 9. The first-order chi connectivity index (χ1) is 9.45. The Balaban J connectivity index is 2.37. The second-order valence-corrected chi connectivity index (χ2v) is 5.81. The third kappa shape index (κ3) is 5.87. The maximum absolute atomic E-state index is 11.3. The van der Waals surface area contributed by atoms with Gasteiger partial charge < -0.3 is 14.2 Å². The molecule has 0 saturated carbocycles. The average molecular weight is 303 g/mol. The van der Waals surface area contributed by atoms with Crippen molar-refractivity contribution >= 4 is 10.0 Å². The molecule has 20 heavy (non-hydrogen) atoms. The summed E-state index contributed by atoms with van der Waals surface area (Å²) in [7, 11) is -2.05. The largest absolute Gasteiger partial charge is 0.493 e. The molecular weight excluding hydrogens is 282 g/mol. The van der Waals surface area contributed by atoms with E-state index in [2.05, 4.69) is 0 Å². The Hall–Kier alpha value is -1.15. The molecule has 0 aromatic heterocycles. The fraction of sp³-hybridized carbons (Fsp3) is 0.538. The molecule has 6 nitrogen and oxygen atoms in total. The topological polar surface area (TPSA) is 87.8 Å². The van der Waals surface area contributed by atoms with E-state index in [1.807, 2.05) is 0 Å². The smallest absolute Gasteiger partial charge is 0.238 e. The van der Waals surface area contributed by atoms with Crippen LogP contribution >= 0.6 is 0 Å². The van der Waals surface area contributed by atoms with E-state index >= 15 is 0 Å². The summed E-state index contributed by atoms with van der Waals surface area (Å²) >= 11 is 0. The Morgan fingerprint density at radius 3 is 2.50 bits per heavy atom. The lowest BCUT2D eigenvalue weighted by Gasteiger charge is -2.09. The van der Waals surface area contributed by atoms with Crippen molar-refractivity contribution in [2.75, 3.05) is 33.5 Å². The summed E-state index contributed by atoms with van der Waals surface area (Å²) in [4.78, 5) is 0.118. The van der Waals surface area contributed by atoms with Crippen LogP contribution in [0.3, 0.4) is 0 Å². The van der Waals surface area contributed by atoms with Crippen LogP contribution in [0, 0.1) is 6.92 Å². The van der Waals surface area contributed by atoms with E-state index in [0.29, 0.717) is 37.7 Å². The van der Waals surface area contributed by atoms with Crippen LogP contribution in [0.4, 0.5) is 0 Å². The molecule has 0 fully saturated rings. The normalized spacial score (nSPS) is 11.6. The summed E-state index contributed by atoms with van der Waals surface area (Å²) in [6, 6.07) is 4.71. The van der Waals surface area contributed by atoms with E-state index in [0.717, 1.165) is 6.42 Å². The molecule has 0 unspecified atom stereocenters. The van der Waals surface area contributed by atoms with Crippen molar-refractivity contribution in [1.29, 1.82) is 0 Å². The number of hydrogen-bond donors (Lipinski definition) is 1. The molecule has 0 bridgehead atoms. The summed E-state index contributed by atoms with van der Waals surface area (Å²) < 4.78 is 38.2. The number of aryl methyl sites for hydroxylation is 1. The molecule has 0 saturated heterocycles. The molecule has 0 aliphatic carbocycles. The van der Waals surface area contributed by atoms with Crippen molar-refractivity contribution in [3.63, 3.8) is 0 Å². The van der Waals surface area contributed by atoms with Gasteiger partial charge in [0.15, 0.2) is 0 Å². The first-order valence-corrected chi connectivity index (χ1v) is 7.82. The van der Waals surface area contributed by atoms with Crippen LogP contribution in [-0.2, 0) is 19.5 Å². The molecule has 0 heterocycles. The van der Waals surface area contributed by atoms with Crippen LogP contribution in [0.5, 0.6) is 5.75 Å². The molecule has 1 aromatic carbocycles. The predicted octanol–water partition coefficient (Wildman–Crippen LogP) is 1.07. The van der Waals surface area contributed by atoms with Gasteiger partial charge in [-0.05, 0) is 30.7 Å². The SMILES string of the molecule is COCCOCCCOc1ccc(S(N)(=O)=O)c(C)c1. The number of ether oxygens (including phenoxy) is 3. The van der Waals surface area contributed by atoms with E-state index in [1.54, 1.807) is 26.2 Å². The van der Waals surface area contributed by atoms with E-state index in [-0.39, 0.29) is 4.90 Å². The summed E-state index contributed by atoms with van der Waals surface area (Å²) in [5, 5.41) is 5.09. The Morgan fingerprint density at radius 2 is 1.90 bits per heavy atom. The average Bonchev–Trinajstić information content (AvgIpc) is 2.36. The quantitative estimate of drug-likeness (QED) is 0.690. The number of nitrogens with two attached hydrogens (primary N) is 1. The lowest BCUT2D eigenvalue weighted by molar-refractivity contribution is 0.0644. The molecule has 1 rings (SSSR count). The van der Waals surface area contributed by atoms with Crippen molar-refractivity contribution in [3.8, 4) is 5.75 Å². The summed E-state index contributed by atoms with van der Waals surface area (Å²) in [6.45, 7) is 3.92. The van der Waals surface area contributed by atoms with Gasteiger partial charge in [-0.1, -0.05) is 0 Å². The molecule has 0 aliphatic rings. The van der Waals surface area contributed by atoms with Crippen molar-refractivity contribution < 1.29 is 22.6 Å². The number of hydrogen-bond acceptors (Lipinski definition) is 5. The van der Waals surface area contributed by atoms with Crippen LogP contribution < -0.4 is 9.88 Å². The molecule has 114 valence electrons. The molecule has 0 aliphatic heterocycles. The summed E-state index contributed by atoms with van der Waals surface area (Å²) in [6.07, 6.45) is 0.750. The standard InChI is InChI=1S/C13H21NO5S/c1-11-10-12(4-5-13(11)20(14,15)16)19-7-3-6-18-9-8-17-2/h4-5,10H,3,6-9H2,1-2H3,(H2,14,15,16). The van der Waals surface area contributed by atoms with Gasteiger partial charge in [-0.3, -0.25) is 0 Å². The number of primary sulfonamides is 1. The zero-order valence-electron chi connectivity index (χ0n) is 11.8. The van der Waals surface area contributed by atoms with Gasteiger partial charge in [-0.2, -0.15) is 0 Å². The van der Waals surface area contributed by atoms with Crippen LogP contribution in [0.25, 0.3) is 0 Å². The van der Waals surface area contributed by atoms with E-state index in [1.165, 1.54) is 6.07 Å². The lowest BCUT2D eigenvalue weighted by Crippen LogP contribution is -2.13. The third-order valence-electron chi connectivity index (χ3n) is 2.59. The summed E-state index contributed by atoms with van der Waals surface area (Å²) in [5.74, 6) is 0.617.